The number of hydrogen-bond acceptors (Lipinski definition) is 8. The average molecular weight is 477 g/mol. The maximum atomic E-state index is 12.7. The summed E-state index contributed by atoms with van der Waals surface area (Å²) in [6.45, 7) is 9.46. The van der Waals surface area contributed by atoms with Gasteiger partial charge in [-0.3, -0.25) is 9.69 Å². The highest BCUT2D eigenvalue weighted by Crippen LogP contribution is 2.54. The van der Waals surface area contributed by atoms with Crippen molar-refractivity contribution in [2.24, 2.45) is 5.41 Å². The SMILES string of the molecule is CC(C)N1CCN(c2ccc(Nc3ncc4c(n3)C3C(N4)C(=O)NCC34CCCCC4)nc2)CC1. The molecule has 2 saturated heterocycles. The molecule has 0 aromatic carbocycles. The van der Waals surface area contributed by atoms with Gasteiger partial charge in [0.2, 0.25) is 11.9 Å². The first kappa shape index (κ1) is 22.5. The van der Waals surface area contributed by atoms with E-state index in [0.29, 0.717) is 12.0 Å². The Morgan fingerprint density at radius 2 is 1.86 bits per heavy atom. The lowest BCUT2D eigenvalue weighted by Crippen LogP contribution is -2.57. The van der Waals surface area contributed by atoms with Crippen LogP contribution in [-0.4, -0.2) is 70.6 Å². The zero-order valence-electron chi connectivity index (χ0n) is 20.8. The van der Waals surface area contributed by atoms with Gasteiger partial charge in [0.05, 0.1) is 29.5 Å². The third-order valence-electron chi connectivity index (χ3n) is 8.56. The van der Waals surface area contributed by atoms with Gasteiger partial charge in [-0.2, -0.15) is 0 Å². The molecule has 1 spiro atoms. The van der Waals surface area contributed by atoms with Crippen LogP contribution in [0.1, 0.15) is 57.6 Å². The van der Waals surface area contributed by atoms with Gasteiger partial charge in [-0.25, -0.2) is 15.0 Å². The van der Waals surface area contributed by atoms with Crippen molar-refractivity contribution in [2.45, 2.75) is 64.0 Å². The number of pyridine rings is 1. The van der Waals surface area contributed by atoms with Gasteiger partial charge in [-0.1, -0.05) is 19.3 Å². The van der Waals surface area contributed by atoms with Crippen molar-refractivity contribution in [3.63, 3.8) is 0 Å². The molecule has 35 heavy (non-hydrogen) atoms. The van der Waals surface area contributed by atoms with E-state index in [4.69, 9.17) is 4.98 Å². The number of piperazine rings is 1. The zero-order valence-corrected chi connectivity index (χ0v) is 20.8. The lowest BCUT2D eigenvalue weighted by atomic mass is 9.61. The van der Waals surface area contributed by atoms with Crippen molar-refractivity contribution in [2.75, 3.05) is 48.3 Å². The van der Waals surface area contributed by atoms with E-state index < -0.39 is 0 Å². The van der Waals surface area contributed by atoms with Crippen LogP contribution in [0.25, 0.3) is 0 Å². The Labute approximate surface area is 207 Å². The quantitative estimate of drug-likeness (QED) is 0.619. The van der Waals surface area contributed by atoms with Crippen LogP contribution in [0.2, 0.25) is 0 Å². The van der Waals surface area contributed by atoms with Gasteiger partial charge in [0.25, 0.3) is 0 Å². The van der Waals surface area contributed by atoms with E-state index in [1.54, 1.807) is 0 Å². The fraction of sp³-hybridized carbons (Fsp3) is 0.615. The summed E-state index contributed by atoms with van der Waals surface area (Å²) in [6, 6.07) is 4.46. The third kappa shape index (κ3) is 4.09. The molecule has 2 atom stereocenters. The maximum Gasteiger partial charge on any atom is 0.243 e. The first-order valence-electron chi connectivity index (χ1n) is 13.2. The number of anilines is 4. The smallest absolute Gasteiger partial charge is 0.243 e. The number of nitrogens with zero attached hydrogens (tertiary/aromatic N) is 5. The van der Waals surface area contributed by atoms with Crippen LogP contribution in [0.4, 0.5) is 23.1 Å². The highest BCUT2D eigenvalue weighted by molar-refractivity contribution is 5.89. The fourth-order valence-electron chi connectivity index (χ4n) is 6.56. The third-order valence-corrected chi connectivity index (χ3v) is 8.56. The molecular weight excluding hydrogens is 440 g/mol. The summed E-state index contributed by atoms with van der Waals surface area (Å²) in [5.74, 6) is 1.43. The van der Waals surface area contributed by atoms with Gasteiger partial charge in [0, 0.05) is 44.7 Å². The van der Waals surface area contributed by atoms with Gasteiger partial charge < -0.3 is 20.9 Å². The van der Waals surface area contributed by atoms with Gasteiger partial charge in [-0.05, 0) is 44.2 Å². The second-order valence-electron chi connectivity index (χ2n) is 10.9. The highest BCUT2D eigenvalue weighted by atomic mass is 16.2. The average Bonchev–Trinajstić information content (AvgIpc) is 3.28. The number of amides is 1. The Morgan fingerprint density at radius 1 is 1.06 bits per heavy atom. The van der Waals surface area contributed by atoms with Crippen LogP contribution < -0.4 is 20.9 Å². The van der Waals surface area contributed by atoms with Crippen molar-refractivity contribution in [3.05, 3.63) is 30.2 Å². The Hall–Kier alpha value is -2.94. The molecule has 1 aliphatic carbocycles. The van der Waals surface area contributed by atoms with Gasteiger partial charge in [0.1, 0.15) is 11.9 Å². The normalized spacial score (nSPS) is 25.7. The molecule has 4 aliphatic rings. The van der Waals surface area contributed by atoms with Crippen LogP contribution in [0.5, 0.6) is 0 Å². The van der Waals surface area contributed by atoms with Crippen molar-refractivity contribution in [3.8, 4) is 0 Å². The van der Waals surface area contributed by atoms with Crippen LogP contribution in [0.15, 0.2) is 24.5 Å². The number of aromatic nitrogens is 3. The van der Waals surface area contributed by atoms with Crippen molar-refractivity contribution in [1.29, 1.82) is 0 Å². The minimum Gasteiger partial charge on any atom is -0.370 e. The molecule has 2 aromatic heterocycles. The number of piperidine rings is 1. The van der Waals surface area contributed by atoms with E-state index in [9.17, 15) is 4.79 Å². The first-order valence-corrected chi connectivity index (χ1v) is 13.2. The van der Waals surface area contributed by atoms with Crippen molar-refractivity contribution >= 4 is 29.0 Å². The number of rotatable bonds is 4. The Balaban J connectivity index is 1.18. The molecule has 6 rings (SSSR count). The Morgan fingerprint density at radius 3 is 2.57 bits per heavy atom. The zero-order chi connectivity index (χ0) is 24.0. The highest BCUT2D eigenvalue weighted by Gasteiger charge is 2.54. The minimum absolute atomic E-state index is 0.0743. The Bertz CT molecular complexity index is 1070. The van der Waals surface area contributed by atoms with Crippen LogP contribution in [0.3, 0.4) is 0 Å². The molecule has 3 N–H and O–H groups in total. The summed E-state index contributed by atoms with van der Waals surface area (Å²) >= 11 is 0. The van der Waals surface area contributed by atoms with E-state index in [2.05, 4.69) is 55.6 Å². The monoisotopic (exact) mass is 476 g/mol. The minimum atomic E-state index is -0.255. The predicted molar refractivity (Wildman–Crippen MR) is 137 cm³/mol. The molecule has 5 heterocycles. The molecule has 2 unspecified atom stereocenters. The van der Waals surface area contributed by atoms with Crippen LogP contribution in [-0.2, 0) is 4.79 Å². The number of nitrogens with one attached hydrogen (secondary N) is 3. The lowest BCUT2D eigenvalue weighted by molar-refractivity contribution is -0.126. The van der Waals surface area contributed by atoms with Gasteiger partial charge in [0.15, 0.2) is 0 Å². The topological polar surface area (TPSA) is 98.3 Å². The number of hydrogen-bond donors (Lipinski definition) is 3. The van der Waals surface area contributed by atoms with Crippen molar-refractivity contribution < 1.29 is 4.79 Å². The molecular formula is C26H36N8O. The molecule has 3 fully saturated rings. The second kappa shape index (κ2) is 8.93. The van der Waals surface area contributed by atoms with Gasteiger partial charge in [-0.15, -0.1) is 0 Å². The summed E-state index contributed by atoms with van der Waals surface area (Å²) in [4.78, 5) is 31.7. The molecule has 9 heteroatoms. The molecule has 9 nitrogen and oxygen atoms in total. The van der Waals surface area contributed by atoms with E-state index >= 15 is 0 Å². The van der Waals surface area contributed by atoms with Crippen molar-refractivity contribution in [1.82, 2.24) is 25.2 Å². The van der Waals surface area contributed by atoms with E-state index in [1.807, 2.05) is 18.5 Å². The molecule has 186 valence electrons. The molecule has 3 aliphatic heterocycles. The predicted octanol–water partition coefficient (Wildman–Crippen LogP) is 3.10. The molecule has 2 aromatic rings. The van der Waals surface area contributed by atoms with E-state index in [1.165, 1.54) is 19.3 Å². The summed E-state index contributed by atoms with van der Waals surface area (Å²) in [7, 11) is 0. The van der Waals surface area contributed by atoms with Crippen LogP contribution >= 0.6 is 0 Å². The largest absolute Gasteiger partial charge is 0.370 e. The Kier molecular flexibility index (Phi) is 5.75. The maximum absolute atomic E-state index is 12.7. The second-order valence-corrected chi connectivity index (χ2v) is 10.9. The number of carbonyl (C=O) groups excluding carboxylic acids is 1. The summed E-state index contributed by atoms with van der Waals surface area (Å²) in [6.07, 6.45) is 9.73. The summed E-state index contributed by atoms with van der Waals surface area (Å²) < 4.78 is 0. The van der Waals surface area contributed by atoms with E-state index in [-0.39, 0.29) is 23.3 Å². The van der Waals surface area contributed by atoms with Crippen LogP contribution in [0, 0.1) is 5.41 Å². The van der Waals surface area contributed by atoms with E-state index in [0.717, 1.165) is 68.5 Å². The molecule has 1 saturated carbocycles. The fourth-order valence-corrected chi connectivity index (χ4v) is 6.56. The first-order chi connectivity index (χ1) is 17.0. The summed E-state index contributed by atoms with van der Waals surface area (Å²) in [5, 5.41) is 9.87. The summed E-state index contributed by atoms with van der Waals surface area (Å²) in [5.41, 5.74) is 3.09. The molecule has 0 radical (unpaired) electrons. The number of fused-ring (bicyclic) bond motifs is 4. The van der Waals surface area contributed by atoms with Gasteiger partial charge >= 0.3 is 0 Å². The number of carbonyl (C=O) groups is 1. The molecule has 1 amide bonds. The molecule has 0 bridgehead atoms. The standard InChI is InChI=1S/C26H36N8O/c1-17(2)33-10-12-34(13-11-33)18-6-7-20(27-14-18)31-25-28-15-19-22(32-25)21-23(30-19)24(35)29-16-26(21)8-4-3-5-9-26/h6-7,14-15,17,21,23,30H,3-5,8-13,16H2,1-2H3,(H,29,35)(H,27,28,31,32). The lowest BCUT2D eigenvalue weighted by Gasteiger charge is -2.47.